The first-order valence-corrected chi connectivity index (χ1v) is 5.67. The number of benzene rings is 1. The van der Waals surface area contributed by atoms with Crippen LogP contribution in [-0.2, 0) is 0 Å². The number of halogens is 2. The number of methoxy groups -OCH3 is 1. The number of Topliss-reactive ketones (excluding diaryl/α,β-unsaturated/α-hetero) is 1. The molecule has 0 spiro atoms. The van der Waals surface area contributed by atoms with Gasteiger partial charge < -0.3 is 10.5 Å². The SMILES string of the molecule is COc1cc(C(N)C(=O)c2ccc(F)cc2)ccn1.Cl. The topological polar surface area (TPSA) is 65.2 Å². The number of aromatic nitrogens is 1. The van der Waals surface area contributed by atoms with E-state index in [1.165, 1.54) is 37.6 Å². The zero-order chi connectivity index (χ0) is 13.8. The molecule has 2 aromatic rings. The van der Waals surface area contributed by atoms with E-state index in [1.54, 1.807) is 12.1 Å². The minimum atomic E-state index is -0.831. The summed E-state index contributed by atoms with van der Waals surface area (Å²) in [5, 5.41) is 0. The third-order valence-corrected chi connectivity index (χ3v) is 2.74. The Kier molecular flexibility index (Phi) is 5.61. The molecule has 1 aromatic carbocycles. The van der Waals surface area contributed by atoms with Crippen molar-refractivity contribution >= 4 is 18.2 Å². The lowest BCUT2D eigenvalue weighted by Crippen LogP contribution is -2.21. The van der Waals surface area contributed by atoms with Crippen LogP contribution in [-0.4, -0.2) is 17.9 Å². The summed E-state index contributed by atoms with van der Waals surface area (Å²) in [6.45, 7) is 0. The molecule has 0 fully saturated rings. The minimum Gasteiger partial charge on any atom is -0.481 e. The van der Waals surface area contributed by atoms with Crippen molar-refractivity contribution in [1.82, 2.24) is 4.98 Å². The average Bonchev–Trinajstić information content (AvgIpc) is 2.46. The first-order valence-electron chi connectivity index (χ1n) is 5.67. The average molecular weight is 297 g/mol. The molecule has 0 saturated heterocycles. The van der Waals surface area contributed by atoms with Crippen molar-refractivity contribution in [1.29, 1.82) is 0 Å². The van der Waals surface area contributed by atoms with Crippen molar-refractivity contribution in [2.24, 2.45) is 5.73 Å². The van der Waals surface area contributed by atoms with Crippen molar-refractivity contribution in [3.8, 4) is 5.88 Å². The Bertz CT molecular complexity index is 590. The van der Waals surface area contributed by atoms with Gasteiger partial charge in [0.15, 0.2) is 5.78 Å². The van der Waals surface area contributed by atoms with Gasteiger partial charge in [-0.2, -0.15) is 0 Å². The van der Waals surface area contributed by atoms with Crippen LogP contribution in [0.15, 0.2) is 42.6 Å². The van der Waals surface area contributed by atoms with Crippen molar-refractivity contribution < 1.29 is 13.9 Å². The predicted octanol–water partition coefficient (Wildman–Crippen LogP) is 2.53. The maximum absolute atomic E-state index is 12.8. The molecule has 1 atom stereocenters. The molecule has 0 amide bonds. The van der Waals surface area contributed by atoms with E-state index in [9.17, 15) is 9.18 Å². The number of ketones is 1. The van der Waals surface area contributed by atoms with Gasteiger partial charge in [-0.05, 0) is 35.9 Å². The van der Waals surface area contributed by atoms with E-state index in [0.29, 0.717) is 17.0 Å². The molecule has 1 heterocycles. The summed E-state index contributed by atoms with van der Waals surface area (Å²) in [5.41, 5.74) is 6.87. The standard InChI is InChI=1S/C14H13FN2O2.ClH/c1-19-12-8-10(6-7-17-12)13(16)14(18)9-2-4-11(15)5-3-9;/h2-8,13H,16H2,1H3;1H. The molecule has 106 valence electrons. The van der Waals surface area contributed by atoms with Gasteiger partial charge in [-0.25, -0.2) is 9.37 Å². The molecule has 4 nitrogen and oxygen atoms in total. The lowest BCUT2D eigenvalue weighted by atomic mass is 9.99. The Morgan fingerprint density at radius 3 is 2.55 bits per heavy atom. The summed E-state index contributed by atoms with van der Waals surface area (Å²) in [5.74, 6) is -0.288. The lowest BCUT2D eigenvalue weighted by Gasteiger charge is -2.11. The number of rotatable bonds is 4. The fraction of sp³-hybridized carbons (Fsp3) is 0.143. The molecule has 2 rings (SSSR count). The molecule has 0 bridgehead atoms. The Hall–Kier alpha value is -1.98. The fourth-order valence-corrected chi connectivity index (χ4v) is 1.67. The molecule has 20 heavy (non-hydrogen) atoms. The number of hydrogen-bond donors (Lipinski definition) is 1. The van der Waals surface area contributed by atoms with Gasteiger partial charge in [-0.15, -0.1) is 12.4 Å². The monoisotopic (exact) mass is 296 g/mol. The number of pyridine rings is 1. The van der Waals surface area contributed by atoms with Gasteiger partial charge in [-0.1, -0.05) is 0 Å². The van der Waals surface area contributed by atoms with Crippen LogP contribution in [0, 0.1) is 5.82 Å². The van der Waals surface area contributed by atoms with Gasteiger partial charge >= 0.3 is 0 Å². The highest BCUT2D eigenvalue weighted by Gasteiger charge is 2.18. The molecule has 0 radical (unpaired) electrons. The van der Waals surface area contributed by atoms with Gasteiger partial charge in [0, 0.05) is 17.8 Å². The van der Waals surface area contributed by atoms with Crippen molar-refractivity contribution in [3.05, 3.63) is 59.5 Å². The summed E-state index contributed by atoms with van der Waals surface area (Å²) >= 11 is 0. The maximum atomic E-state index is 12.8. The Balaban J connectivity index is 0.00000200. The van der Waals surface area contributed by atoms with Crippen LogP contribution in [0.25, 0.3) is 0 Å². The van der Waals surface area contributed by atoms with Crippen LogP contribution in [0.2, 0.25) is 0 Å². The highest BCUT2D eigenvalue weighted by atomic mass is 35.5. The maximum Gasteiger partial charge on any atom is 0.213 e. The van der Waals surface area contributed by atoms with Gasteiger partial charge in [0.25, 0.3) is 0 Å². The van der Waals surface area contributed by atoms with Crippen LogP contribution in [0.1, 0.15) is 22.0 Å². The van der Waals surface area contributed by atoms with E-state index >= 15 is 0 Å². The molecule has 0 aliphatic rings. The van der Waals surface area contributed by atoms with E-state index in [0.717, 1.165) is 0 Å². The van der Waals surface area contributed by atoms with Crippen LogP contribution in [0.5, 0.6) is 5.88 Å². The molecule has 2 N–H and O–H groups in total. The molecule has 1 unspecified atom stereocenters. The third kappa shape index (κ3) is 3.53. The van der Waals surface area contributed by atoms with Gasteiger partial charge in [0.1, 0.15) is 5.82 Å². The lowest BCUT2D eigenvalue weighted by molar-refractivity contribution is 0.0961. The first kappa shape index (κ1) is 16.1. The van der Waals surface area contributed by atoms with Gasteiger partial charge in [0.2, 0.25) is 5.88 Å². The second-order valence-electron chi connectivity index (χ2n) is 3.98. The van der Waals surface area contributed by atoms with E-state index in [2.05, 4.69) is 4.98 Å². The van der Waals surface area contributed by atoms with Crippen LogP contribution in [0.3, 0.4) is 0 Å². The second kappa shape index (κ2) is 6.98. The predicted molar refractivity (Wildman–Crippen MR) is 75.7 cm³/mol. The molecule has 6 heteroatoms. The quantitative estimate of drug-likeness (QED) is 0.881. The highest BCUT2D eigenvalue weighted by Crippen LogP contribution is 2.19. The largest absolute Gasteiger partial charge is 0.481 e. The number of carbonyl (C=O) groups excluding carboxylic acids is 1. The summed E-state index contributed by atoms with van der Waals surface area (Å²) in [7, 11) is 1.49. The Morgan fingerprint density at radius 2 is 1.95 bits per heavy atom. The number of nitrogens with zero attached hydrogens (tertiary/aromatic N) is 1. The highest BCUT2D eigenvalue weighted by molar-refractivity contribution is 6.00. The summed E-state index contributed by atoms with van der Waals surface area (Å²) in [6, 6.07) is 7.70. The fourth-order valence-electron chi connectivity index (χ4n) is 1.67. The van der Waals surface area contributed by atoms with Crippen molar-refractivity contribution in [2.75, 3.05) is 7.11 Å². The summed E-state index contributed by atoms with van der Waals surface area (Å²) in [6.07, 6.45) is 1.52. The summed E-state index contributed by atoms with van der Waals surface area (Å²) in [4.78, 5) is 16.1. The normalized spacial score (nSPS) is 11.3. The van der Waals surface area contributed by atoms with E-state index in [4.69, 9.17) is 10.5 Å². The Labute approximate surface area is 122 Å². The number of carbonyl (C=O) groups is 1. The number of nitrogens with two attached hydrogens (primary N) is 1. The molecular weight excluding hydrogens is 283 g/mol. The third-order valence-electron chi connectivity index (χ3n) is 2.74. The summed E-state index contributed by atoms with van der Waals surface area (Å²) < 4.78 is 17.8. The van der Waals surface area contributed by atoms with Crippen LogP contribution < -0.4 is 10.5 Å². The molecule has 0 aliphatic heterocycles. The molecule has 0 saturated carbocycles. The van der Waals surface area contributed by atoms with Gasteiger partial charge in [-0.3, -0.25) is 4.79 Å². The first-order chi connectivity index (χ1) is 9.11. The van der Waals surface area contributed by atoms with E-state index in [-0.39, 0.29) is 18.2 Å². The second-order valence-corrected chi connectivity index (χ2v) is 3.98. The van der Waals surface area contributed by atoms with Crippen molar-refractivity contribution in [3.63, 3.8) is 0 Å². The minimum absolute atomic E-state index is 0. The Morgan fingerprint density at radius 1 is 1.30 bits per heavy atom. The van der Waals surface area contributed by atoms with Crippen LogP contribution >= 0.6 is 12.4 Å². The zero-order valence-electron chi connectivity index (χ0n) is 10.7. The van der Waals surface area contributed by atoms with Gasteiger partial charge in [0.05, 0.1) is 13.2 Å². The molecular formula is C14H14ClFN2O2. The molecule has 0 aliphatic carbocycles. The smallest absolute Gasteiger partial charge is 0.213 e. The van der Waals surface area contributed by atoms with E-state index in [1.807, 2.05) is 0 Å². The zero-order valence-corrected chi connectivity index (χ0v) is 11.6. The van der Waals surface area contributed by atoms with E-state index < -0.39 is 11.9 Å². The number of hydrogen-bond acceptors (Lipinski definition) is 4. The number of ether oxygens (including phenoxy) is 1. The molecule has 1 aromatic heterocycles. The van der Waals surface area contributed by atoms with Crippen molar-refractivity contribution in [2.45, 2.75) is 6.04 Å². The van der Waals surface area contributed by atoms with Crippen LogP contribution in [0.4, 0.5) is 4.39 Å².